The van der Waals surface area contributed by atoms with E-state index in [0.29, 0.717) is 16.3 Å². The van der Waals surface area contributed by atoms with Gasteiger partial charge in [0.25, 0.3) is 0 Å². The van der Waals surface area contributed by atoms with Gasteiger partial charge in [0.1, 0.15) is 5.75 Å². The first kappa shape index (κ1) is 16.3. The first-order valence-corrected chi connectivity index (χ1v) is 7.15. The van der Waals surface area contributed by atoms with Crippen LogP contribution in [-0.2, 0) is 9.53 Å². The molecule has 1 unspecified atom stereocenters. The Bertz CT molecular complexity index is 652. The zero-order chi connectivity index (χ0) is 16.1. The zero-order valence-electron chi connectivity index (χ0n) is 12.4. The molecule has 0 aliphatic carbocycles. The van der Waals surface area contributed by atoms with E-state index in [0.717, 1.165) is 11.1 Å². The maximum atomic E-state index is 11.0. The molecular weight excluding hydrogens is 304 g/mol. The third-order valence-electron chi connectivity index (χ3n) is 3.37. The molecule has 2 aromatic carbocycles. The van der Waals surface area contributed by atoms with Crippen molar-refractivity contribution in [3.8, 4) is 16.9 Å². The van der Waals surface area contributed by atoms with Crippen LogP contribution in [0.3, 0.4) is 0 Å². The molecule has 2 aromatic rings. The number of ether oxygens (including phenoxy) is 2. The summed E-state index contributed by atoms with van der Waals surface area (Å²) in [6.45, 7) is 1.83. The lowest BCUT2D eigenvalue weighted by atomic mass is 9.97. The van der Waals surface area contributed by atoms with Gasteiger partial charge in [-0.25, -0.2) is 0 Å². The third-order valence-corrected chi connectivity index (χ3v) is 3.69. The molecule has 0 amide bonds. The first-order valence-electron chi connectivity index (χ1n) is 6.77. The van der Waals surface area contributed by atoms with E-state index in [1.54, 1.807) is 26.2 Å². The summed E-state index contributed by atoms with van der Waals surface area (Å²) < 4.78 is 10.2. The Morgan fingerprint density at radius 3 is 2.45 bits per heavy atom. The predicted molar refractivity (Wildman–Crippen MR) is 85.4 cm³/mol. The van der Waals surface area contributed by atoms with Gasteiger partial charge in [0, 0.05) is 17.7 Å². The van der Waals surface area contributed by atoms with E-state index in [2.05, 4.69) is 0 Å². The van der Waals surface area contributed by atoms with E-state index in [1.807, 2.05) is 30.3 Å². The molecule has 0 spiro atoms. The van der Waals surface area contributed by atoms with Gasteiger partial charge in [-0.2, -0.15) is 0 Å². The number of halogens is 1. The fourth-order valence-corrected chi connectivity index (χ4v) is 2.33. The van der Waals surface area contributed by atoms with Gasteiger partial charge >= 0.3 is 5.97 Å². The van der Waals surface area contributed by atoms with Crippen molar-refractivity contribution in [2.24, 2.45) is 0 Å². The summed E-state index contributed by atoms with van der Waals surface area (Å²) in [5.41, 5.74) is 2.46. The Kier molecular flexibility index (Phi) is 5.41. The molecule has 0 saturated carbocycles. The van der Waals surface area contributed by atoms with Crippen molar-refractivity contribution >= 4 is 17.6 Å². The largest absolute Gasteiger partial charge is 0.481 e. The molecule has 0 heterocycles. The SMILES string of the molecule is COCOc1ccc(-c2ccc(C(C)C(=O)O)cc2Cl)cc1. The quantitative estimate of drug-likeness (QED) is 0.811. The van der Waals surface area contributed by atoms with Crippen molar-refractivity contribution in [3.63, 3.8) is 0 Å². The van der Waals surface area contributed by atoms with Gasteiger partial charge in [-0.15, -0.1) is 0 Å². The highest BCUT2D eigenvalue weighted by Gasteiger charge is 2.15. The summed E-state index contributed by atoms with van der Waals surface area (Å²) in [4.78, 5) is 11.0. The normalized spacial score (nSPS) is 12.0. The second kappa shape index (κ2) is 7.29. The average molecular weight is 321 g/mol. The van der Waals surface area contributed by atoms with E-state index < -0.39 is 11.9 Å². The molecule has 5 heteroatoms. The highest BCUT2D eigenvalue weighted by molar-refractivity contribution is 6.33. The van der Waals surface area contributed by atoms with Crippen LogP contribution in [0.25, 0.3) is 11.1 Å². The Hall–Kier alpha value is -2.04. The molecule has 0 aliphatic rings. The van der Waals surface area contributed by atoms with Gasteiger partial charge in [0.05, 0.1) is 5.92 Å². The van der Waals surface area contributed by atoms with Crippen molar-refractivity contribution in [2.45, 2.75) is 12.8 Å². The Morgan fingerprint density at radius 1 is 1.23 bits per heavy atom. The molecule has 0 aliphatic heterocycles. The first-order chi connectivity index (χ1) is 10.5. The molecule has 0 bridgehead atoms. The van der Waals surface area contributed by atoms with Crippen molar-refractivity contribution in [1.29, 1.82) is 0 Å². The topological polar surface area (TPSA) is 55.8 Å². The number of rotatable bonds is 6. The monoisotopic (exact) mass is 320 g/mol. The standard InChI is InChI=1S/C17H17ClO4/c1-11(17(19)20)13-5-8-15(16(18)9-13)12-3-6-14(7-4-12)22-10-21-2/h3-9,11H,10H2,1-2H3,(H,19,20). The van der Waals surface area contributed by atoms with E-state index in [9.17, 15) is 4.79 Å². The van der Waals surface area contributed by atoms with Crippen LogP contribution in [0.5, 0.6) is 5.75 Å². The van der Waals surface area contributed by atoms with Gasteiger partial charge in [0.15, 0.2) is 6.79 Å². The molecule has 2 rings (SSSR count). The van der Waals surface area contributed by atoms with Crippen LogP contribution in [0, 0.1) is 0 Å². The van der Waals surface area contributed by atoms with E-state index >= 15 is 0 Å². The van der Waals surface area contributed by atoms with Gasteiger partial charge in [-0.05, 0) is 36.2 Å². The van der Waals surface area contributed by atoms with Crippen LogP contribution in [0.1, 0.15) is 18.4 Å². The van der Waals surface area contributed by atoms with E-state index in [1.165, 1.54) is 0 Å². The Balaban J connectivity index is 2.24. The van der Waals surface area contributed by atoms with Crippen molar-refractivity contribution < 1.29 is 19.4 Å². The predicted octanol–water partition coefficient (Wildman–Crippen LogP) is 4.18. The maximum Gasteiger partial charge on any atom is 0.310 e. The highest BCUT2D eigenvalue weighted by atomic mass is 35.5. The lowest BCUT2D eigenvalue weighted by molar-refractivity contribution is -0.138. The molecule has 0 fully saturated rings. The zero-order valence-corrected chi connectivity index (χ0v) is 13.1. The lowest BCUT2D eigenvalue weighted by Crippen LogP contribution is -2.07. The van der Waals surface area contributed by atoms with Crippen LogP contribution < -0.4 is 4.74 Å². The molecule has 1 N–H and O–H groups in total. The van der Waals surface area contributed by atoms with Crippen molar-refractivity contribution in [3.05, 3.63) is 53.1 Å². The fraction of sp³-hybridized carbons (Fsp3) is 0.235. The number of carboxylic acids is 1. The molecule has 1 atom stereocenters. The van der Waals surface area contributed by atoms with Crippen molar-refractivity contribution in [1.82, 2.24) is 0 Å². The van der Waals surface area contributed by atoms with E-state index in [4.69, 9.17) is 26.2 Å². The third kappa shape index (κ3) is 3.78. The summed E-state index contributed by atoms with van der Waals surface area (Å²) in [5.74, 6) is -0.752. The average Bonchev–Trinajstić information content (AvgIpc) is 2.52. The van der Waals surface area contributed by atoms with Crippen LogP contribution >= 0.6 is 11.6 Å². The molecule has 116 valence electrons. The number of aliphatic carboxylic acids is 1. The number of hydrogen-bond acceptors (Lipinski definition) is 3. The Morgan fingerprint density at radius 2 is 1.91 bits per heavy atom. The van der Waals surface area contributed by atoms with Crippen LogP contribution in [-0.4, -0.2) is 25.0 Å². The number of carbonyl (C=O) groups is 1. The number of benzene rings is 2. The highest BCUT2D eigenvalue weighted by Crippen LogP contribution is 2.32. The van der Waals surface area contributed by atoms with Gasteiger partial charge in [-0.1, -0.05) is 35.9 Å². The minimum atomic E-state index is -0.872. The Labute approximate surface area is 134 Å². The lowest BCUT2D eigenvalue weighted by Gasteiger charge is -2.11. The molecule has 22 heavy (non-hydrogen) atoms. The minimum absolute atomic E-state index is 0.196. The summed E-state index contributed by atoms with van der Waals surface area (Å²) >= 11 is 6.29. The molecule has 0 aromatic heterocycles. The molecule has 0 radical (unpaired) electrons. The number of carboxylic acid groups (broad SMARTS) is 1. The number of hydrogen-bond donors (Lipinski definition) is 1. The second-order valence-electron chi connectivity index (χ2n) is 4.87. The number of methoxy groups -OCH3 is 1. The minimum Gasteiger partial charge on any atom is -0.481 e. The fourth-order valence-electron chi connectivity index (χ4n) is 2.04. The summed E-state index contributed by atoms with van der Waals surface area (Å²) in [5, 5.41) is 9.57. The van der Waals surface area contributed by atoms with Crippen LogP contribution in [0.15, 0.2) is 42.5 Å². The second-order valence-corrected chi connectivity index (χ2v) is 5.28. The van der Waals surface area contributed by atoms with E-state index in [-0.39, 0.29) is 6.79 Å². The maximum absolute atomic E-state index is 11.0. The summed E-state index contributed by atoms with van der Waals surface area (Å²) in [7, 11) is 1.56. The van der Waals surface area contributed by atoms with Crippen LogP contribution in [0.4, 0.5) is 0 Å². The molecule has 4 nitrogen and oxygen atoms in total. The van der Waals surface area contributed by atoms with Gasteiger partial charge in [0.2, 0.25) is 0 Å². The summed E-state index contributed by atoms with van der Waals surface area (Å²) in [6.07, 6.45) is 0. The van der Waals surface area contributed by atoms with Gasteiger partial charge in [-0.3, -0.25) is 4.79 Å². The summed E-state index contributed by atoms with van der Waals surface area (Å²) in [6, 6.07) is 12.8. The smallest absolute Gasteiger partial charge is 0.310 e. The van der Waals surface area contributed by atoms with Gasteiger partial charge < -0.3 is 14.6 Å². The van der Waals surface area contributed by atoms with Crippen LogP contribution in [0.2, 0.25) is 5.02 Å². The molecular formula is C17H17ClO4. The van der Waals surface area contributed by atoms with Crippen molar-refractivity contribution in [2.75, 3.05) is 13.9 Å². The molecule has 0 saturated heterocycles.